The van der Waals surface area contributed by atoms with Gasteiger partial charge in [-0.3, -0.25) is 9.36 Å². The van der Waals surface area contributed by atoms with Crippen molar-refractivity contribution in [3.8, 4) is 5.69 Å². The molecule has 2 aromatic carbocycles. The smallest absolute Gasteiger partial charge is 0.251 e. The van der Waals surface area contributed by atoms with Crippen molar-refractivity contribution in [2.45, 2.75) is 25.8 Å². The third kappa shape index (κ3) is 3.15. The molecule has 25 heavy (non-hydrogen) atoms. The maximum absolute atomic E-state index is 12.4. The molecule has 128 valence electrons. The Bertz CT molecular complexity index is 912. The van der Waals surface area contributed by atoms with Gasteiger partial charge in [0, 0.05) is 23.8 Å². The van der Waals surface area contributed by atoms with Gasteiger partial charge >= 0.3 is 0 Å². The van der Waals surface area contributed by atoms with E-state index in [1.807, 2.05) is 55.5 Å². The maximum atomic E-state index is 12.4. The third-order valence-corrected chi connectivity index (χ3v) is 4.82. The Morgan fingerprint density at radius 3 is 2.76 bits per heavy atom. The van der Waals surface area contributed by atoms with Gasteiger partial charge in [-0.15, -0.1) is 0 Å². The molecule has 1 unspecified atom stereocenters. The van der Waals surface area contributed by atoms with Gasteiger partial charge in [0.05, 0.1) is 11.0 Å². The lowest BCUT2D eigenvalue weighted by atomic mass is 10.1. The van der Waals surface area contributed by atoms with Crippen LogP contribution in [0.5, 0.6) is 0 Å². The van der Waals surface area contributed by atoms with Crippen LogP contribution in [0.4, 0.5) is 0 Å². The maximum Gasteiger partial charge on any atom is 0.251 e. The summed E-state index contributed by atoms with van der Waals surface area (Å²) < 4.78 is 2.10. The molecule has 0 spiro atoms. The zero-order chi connectivity index (χ0) is 17.4. The Hall–Kier alpha value is -2.66. The number of carbonyl (C=O) groups is 1. The summed E-state index contributed by atoms with van der Waals surface area (Å²) in [7, 11) is 0. The fourth-order valence-corrected chi connectivity index (χ4v) is 3.25. The number of hydrogen-bond donors (Lipinski definition) is 2. The fraction of sp³-hybridized carbons (Fsp3) is 0.300. The van der Waals surface area contributed by atoms with Gasteiger partial charge in [0.15, 0.2) is 0 Å². The van der Waals surface area contributed by atoms with Gasteiger partial charge in [0.25, 0.3) is 5.91 Å². The average molecular weight is 334 g/mol. The molecular weight excluding hydrogens is 312 g/mol. The molecule has 5 nitrogen and oxygen atoms in total. The molecule has 3 N–H and O–H groups in total. The molecule has 0 saturated heterocycles. The van der Waals surface area contributed by atoms with Gasteiger partial charge in [-0.25, -0.2) is 4.98 Å². The summed E-state index contributed by atoms with van der Waals surface area (Å²) in [5, 5.41) is 2.94. The number of carbonyl (C=O) groups excluding carboxylic acids is 1. The van der Waals surface area contributed by atoms with Crippen molar-refractivity contribution in [3.05, 3.63) is 59.9 Å². The quantitative estimate of drug-likeness (QED) is 0.753. The number of imidazole rings is 1. The van der Waals surface area contributed by atoms with Crippen molar-refractivity contribution in [2.24, 2.45) is 11.7 Å². The summed E-state index contributed by atoms with van der Waals surface area (Å²) in [4.78, 5) is 17.0. The van der Waals surface area contributed by atoms with Gasteiger partial charge in [0.1, 0.15) is 5.82 Å². The van der Waals surface area contributed by atoms with Crippen LogP contribution in [0, 0.1) is 12.8 Å². The van der Waals surface area contributed by atoms with E-state index >= 15 is 0 Å². The van der Waals surface area contributed by atoms with Crippen molar-refractivity contribution >= 4 is 16.9 Å². The fourth-order valence-electron chi connectivity index (χ4n) is 3.25. The Balaban J connectivity index is 1.59. The Labute approximate surface area is 146 Å². The summed E-state index contributed by atoms with van der Waals surface area (Å²) in [6.45, 7) is 2.50. The molecule has 1 heterocycles. The van der Waals surface area contributed by atoms with E-state index in [0.717, 1.165) is 22.5 Å². The molecule has 0 radical (unpaired) electrons. The summed E-state index contributed by atoms with van der Waals surface area (Å²) in [5.41, 5.74) is 9.55. The van der Waals surface area contributed by atoms with Crippen LogP contribution in [0.2, 0.25) is 0 Å². The second-order valence-electron chi connectivity index (χ2n) is 6.74. The van der Waals surface area contributed by atoms with E-state index in [-0.39, 0.29) is 11.9 Å². The third-order valence-electron chi connectivity index (χ3n) is 4.82. The number of hydrogen-bond acceptors (Lipinski definition) is 3. The molecule has 3 aromatic rings. The molecule has 1 saturated carbocycles. The van der Waals surface area contributed by atoms with E-state index in [1.54, 1.807) is 0 Å². The Morgan fingerprint density at radius 1 is 1.28 bits per heavy atom. The molecule has 1 fully saturated rings. The Morgan fingerprint density at radius 2 is 2.04 bits per heavy atom. The summed E-state index contributed by atoms with van der Waals surface area (Å²) in [6, 6.07) is 15.8. The van der Waals surface area contributed by atoms with Crippen molar-refractivity contribution < 1.29 is 4.79 Å². The van der Waals surface area contributed by atoms with Crippen molar-refractivity contribution in [2.75, 3.05) is 6.54 Å². The molecule has 1 aliphatic rings. The van der Waals surface area contributed by atoms with Crippen LogP contribution < -0.4 is 11.1 Å². The van der Waals surface area contributed by atoms with E-state index in [9.17, 15) is 4.79 Å². The molecule has 4 rings (SSSR count). The molecule has 0 bridgehead atoms. The number of aryl methyl sites for hydroxylation is 1. The second kappa shape index (κ2) is 6.33. The lowest BCUT2D eigenvalue weighted by Gasteiger charge is -2.11. The highest BCUT2D eigenvalue weighted by Crippen LogP contribution is 2.31. The predicted octanol–water partition coefficient (Wildman–Crippen LogP) is 2.80. The highest BCUT2D eigenvalue weighted by molar-refractivity contribution is 5.97. The molecule has 0 aliphatic heterocycles. The van der Waals surface area contributed by atoms with Crippen molar-refractivity contribution in [3.63, 3.8) is 0 Å². The molecule has 5 heteroatoms. The predicted molar refractivity (Wildman–Crippen MR) is 98.8 cm³/mol. The highest BCUT2D eigenvalue weighted by atomic mass is 16.1. The molecule has 1 aliphatic carbocycles. The topological polar surface area (TPSA) is 72.9 Å². The largest absolute Gasteiger partial charge is 0.350 e. The first-order valence-electron chi connectivity index (χ1n) is 8.72. The number of nitrogens with one attached hydrogen (secondary N) is 1. The van der Waals surface area contributed by atoms with E-state index < -0.39 is 0 Å². The number of amides is 1. The number of fused-ring (bicyclic) bond motifs is 1. The van der Waals surface area contributed by atoms with Crippen LogP contribution in [0.3, 0.4) is 0 Å². The molecule has 1 amide bonds. The van der Waals surface area contributed by atoms with E-state index in [2.05, 4.69) is 14.9 Å². The Kier molecular flexibility index (Phi) is 4.01. The first-order chi connectivity index (χ1) is 12.1. The zero-order valence-electron chi connectivity index (χ0n) is 14.3. The molecule has 1 atom stereocenters. The highest BCUT2D eigenvalue weighted by Gasteiger charge is 2.28. The average Bonchev–Trinajstić information content (AvgIpc) is 3.42. The molecular formula is C20H22N4O. The van der Waals surface area contributed by atoms with Crippen LogP contribution in [0.15, 0.2) is 48.5 Å². The van der Waals surface area contributed by atoms with Crippen LogP contribution in [0.1, 0.15) is 29.0 Å². The van der Waals surface area contributed by atoms with Gasteiger partial charge in [0.2, 0.25) is 0 Å². The van der Waals surface area contributed by atoms with Crippen molar-refractivity contribution in [1.29, 1.82) is 0 Å². The number of aromatic nitrogens is 2. The van der Waals surface area contributed by atoms with Crippen LogP contribution >= 0.6 is 0 Å². The normalized spacial score (nSPS) is 15.3. The lowest BCUT2D eigenvalue weighted by molar-refractivity contribution is 0.0950. The minimum atomic E-state index is -0.0927. The minimum absolute atomic E-state index is 0.0622. The standard InChI is InChI=1S/C20H22N4O/c1-13-23-18-11-15(20(25)22-12-17(21)14-7-8-14)9-10-19(18)24(13)16-5-3-2-4-6-16/h2-6,9-11,14,17H,7-8,12,21H2,1H3,(H,22,25). The zero-order valence-corrected chi connectivity index (χ0v) is 14.3. The van der Waals surface area contributed by atoms with Crippen molar-refractivity contribution in [1.82, 2.24) is 14.9 Å². The number of benzene rings is 2. The van der Waals surface area contributed by atoms with E-state index in [1.165, 1.54) is 12.8 Å². The van der Waals surface area contributed by atoms with E-state index in [4.69, 9.17) is 5.73 Å². The van der Waals surface area contributed by atoms with Crippen LogP contribution in [0.25, 0.3) is 16.7 Å². The summed E-state index contributed by atoms with van der Waals surface area (Å²) in [6.07, 6.45) is 2.36. The summed E-state index contributed by atoms with van der Waals surface area (Å²) >= 11 is 0. The van der Waals surface area contributed by atoms with E-state index in [0.29, 0.717) is 18.0 Å². The van der Waals surface area contributed by atoms with Gasteiger partial charge in [-0.1, -0.05) is 18.2 Å². The number of nitrogens with two attached hydrogens (primary N) is 1. The molecule has 1 aromatic heterocycles. The first kappa shape index (κ1) is 15.8. The number of nitrogens with zero attached hydrogens (tertiary/aromatic N) is 2. The van der Waals surface area contributed by atoms with Crippen LogP contribution in [-0.2, 0) is 0 Å². The van der Waals surface area contributed by atoms with Gasteiger partial charge in [-0.05, 0) is 56.0 Å². The second-order valence-corrected chi connectivity index (χ2v) is 6.74. The minimum Gasteiger partial charge on any atom is -0.350 e. The van der Waals surface area contributed by atoms with Crippen LogP contribution in [-0.4, -0.2) is 28.0 Å². The lowest BCUT2D eigenvalue weighted by Crippen LogP contribution is -2.38. The number of para-hydroxylation sites is 1. The number of rotatable bonds is 5. The summed E-state index contributed by atoms with van der Waals surface area (Å²) in [5.74, 6) is 1.38. The van der Waals surface area contributed by atoms with Gasteiger partial charge < -0.3 is 11.1 Å². The SMILES string of the molecule is Cc1nc2cc(C(=O)NCC(N)C3CC3)ccc2n1-c1ccccc1. The monoisotopic (exact) mass is 334 g/mol. The van der Waals surface area contributed by atoms with Gasteiger partial charge in [-0.2, -0.15) is 0 Å². The first-order valence-corrected chi connectivity index (χ1v) is 8.72.